The molecule has 0 radical (unpaired) electrons. The normalized spacial score (nSPS) is 13.2. The number of allylic oxidation sites excluding steroid dienone is 9. The second-order valence-electron chi connectivity index (χ2n) is 9.47. The molecule has 5 aromatic rings. The predicted molar refractivity (Wildman–Crippen MR) is 163 cm³/mol. The van der Waals surface area contributed by atoms with Gasteiger partial charge in [0.15, 0.2) is 0 Å². The van der Waals surface area contributed by atoms with E-state index in [1.54, 1.807) is 6.08 Å². The molecule has 0 spiro atoms. The minimum atomic E-state index is 0.500. The quantitative estimate of drug-likeness (QED) is 0.245. The molecule has 4 nitrogen and oxygen atoms in total. The Bertz CT molecular complexity index is 1780. The molecule has 1 aliphatic carbocycles. The van der Waals surface area contributed by atoms with Gasteiger partial charge in [-0.2, -0.15) is 0 Å². The maximum Gasteiger partial charge on any atom is 0.149 e. The fourth-order valence-electron chi connectivity index (χ4n) is 4.86. The fraction of sp³-hybridized carbons (Fsp3) is 0.118. The molecule has 2 aromatic heterocycles. The van der Waals surface area contributed by atoms with Crippen molar-refractivity contribution in [3.8, 4) is 0 Å². The van der Waals surface area contributed by atoms with E-state index in [-0.39, 0.29) is 0 Å². The zero-order chi connectivity index (χ0) is 26.6. The average Bonchev–Trinajstić information content (AvgIpc) is 3.50. The lowest BCUT2D eigenvalue weighted by atomic mass is 9.96. The van der Waals surface area contributed by atoms with Crippen LogP contribution in [0, 0.1) is 0 Å². The van der Waals surface area contributed by atoms with Crippen molar-refractivity contribution in [2.75, 3.05) is 19.0 Å². The second-order valence-corrected chi connectivity index (χ2v) is 9.47. The third-order valence-corrected chi connectivity index (χ3v) is 6.49. The van der Waals surface area contributed by atoms with Crippen LogP contribution in [0.1, 0.15) is 18.4 Å². The lowest BCUT2D eigenvalue weighted by Gasteiger charge is -2.20. The van der Waals surface area contributed by atoms with Crippen LogP contribution in [0.2, 0.25) is 0 Å². The Morgan fingerprint density at radius 3 is 1.89 bits per heavy atom. The Hall–Kier alpha value is -4.70. The molecule has 38 heavy (non-hydrogen) atoms. The molecule has 0 atom stereocenters. The first kappa shape index (κ1) is 25.0. The summed E-state index contributed by atoms with van der Waals surface area (Å²) in [6.07, 6.45) is 18.5. The van der Waals surface area contributed by atoms with Gasteiger partial charge in [-0.15, -0.1) is 0 Å². The molecule has 0 bridgehead atoms. The SMILES string of the molecule is C1=CCCC=C1.C=C(N)C=C/C=C\C(=C)c1c(N(C)C)c2c3ccccc3oc2c2c1oc1ccccc12. The molecular weight excluding hydrogens is 468 g/mol. The Balaban J connectivity index is 0.000000433. The van der Waals surface area contributed by atoms with Gasteiger partial charge in [0, 0.05) is 36.1 Å². The highest BCUT2D eigenvalue weighted by Gasteiger charge is 2.26. The highest BCUT2D eigenvalue weighted by Crippen LogP contribution is 2.48. The minimum Gasteiger partial charge on any atom is -0.455 e. The molecule has 190 valence electrons. The summed E-state index contributed by atoms with van der Waals surface area (Å²) in [7, 11) is 4.06. The van der Waals surface area contributed by atoms with Crippen molar-refractivity contribution in [3.63, 3.8) is 0 Å². The Morgan fingerprint density at radius 2 is 1.34 bits per heavy atom. The zero-order valence-electron chi connectivity index (χ0n) is 21.9. The monoisotopic (exact) mass is 500 g/mol. The number of anilines is 1. The number of benzene rings is 3. The topological polar surface area (TPSA) is 55.5 Å². The summed E-state index contributed by atoms with van der Waals surface area (Å²) in [6, 6.07) is 16.2. The molecule has 1 aliphatic rings. The molecule has 6 rings (SSSR count). The zero-order valence-corrected chi connectivity index (χ0v) is 21.9. The van der Waals surface area contributed by atoms with Crippen LogP contribution in [0.4, 0.5) is 5.69 Å². The number of hydrogen-bond acceptors (Lipinski definition) is 4. The van der Waals surface area contributed by atoms with Crippen LogP contribution in [0.15, 0.2) is 125 Å². The highest BCUT2D eigenvalue weighted by atomic mass is 16.3. The van der Waals surface area contributed by atoms with Crippen LogP contribution in [0.3, 0.4) is 0 Å². The summed E-state index contributed by atoms with van der Waals surface area (Å²) in [4.78, 5) is 2.10. The summed E-state index contributed by atoms with van der Waals surface area (Å²) in [5.74, 6) is 0. The van der Waals surface area contributed by atoms with Crippen LogP contribution in [0.25, 0.3) is 49.5 Å². The number of furan rings is 2. The number of nitrogens with two attached hydrogens (primary N) is 1. The number of para-hydroxylation sites is 2. The number of rotatable bonds is 5. The maximum absolute atomic E-state index is 6.41. The Kier molecular flexibility index (Phi) is 7.05. The summed E-state index contributed by atoms with van der Waals surface area (Å²) in [5, 5.41) is 4.11. The van der Waals surface area contributed by atoms with Crippen molar-refractivity contribution in [1.29, 1.82) is 0 Å². The van der Waals surface area contributed by atoms with Gasteiger partial charge >= 0.3 is 0 Å². The van der Waals surface area contributed by atoms with E-state index in [9.17, 15) is 0 Å². The smallest absolute Gasteiger partial charge is 0.149 e. The van der Waals surface area contributed by atoms with Gasteiger partial charge in [-0.1, -0.05) is 92.1 Å². The predicted octanol–water partition coefficient (Wildman–Crippen LogP) is 9.04. The molecule has 0 amide bonds. The first-order valence-corrected chi connectivity index (χ1v) is 12.7. The van der Waals surface area contributed by atoms with Crippen LogP contribution in [-0.4, -0.2) is 14.1 Å². The van der Waals surface area contributed by atoms with E-state index in [4.69, 9.17) is 14.6 Å². The van der Waals surface area contributed by atoms with Gasteiger partial charge in [0.1, 0.15) is 22.3 Å². The average molecular weight is 501 g/mol. The standard InChI is InChI=1S/C28H24N2O2.C6H8/c1-17(11-5-6-12-18(2)29)23-26(30(3)4)24-19-13-7-9-15-21(19)32-28(24)25-20-14-8-10-16-22(20)31-27(23)25;1-2-4-6-5-3-1/h5-16H,1-2,29H2,3-4H3;1-4H,5-6H2/b11-5-,12-6?;. The summed E-state index contributed by atoms with van der Waals surface area (Å²) < 4.78 is 12.8. The van der Waals surface area contributed by atoms with E-state index in [1.165, 1.54) is 12.8 Å². The lowest BCUT2D eigenvalue weighted by Crippen LogP contribution is -2.11. The minimum absolute atomic E-state index is 0.500. The van der Waals surface area contributed by atoms with E-state index in [0.717, 1.165) is 60.7 Å². The summed E-state index contributed by atoms with van der Waals surface area (Å²) in [5.41, 5.74) is 12.2. The van der Waals surface area contributed by atoms with Crippen molar-refractivity contribution < 1.29 is 8.83 Å². The second kappa shape index (κ2) is 10.7. The third-order valence-electron chi connectivity index (χ3n) is 6.49. The van der Waals surface area contributed by atoms with E-state index < -0.39 is 0 Å². The number of fused-ring (bicyclic) bond motifs is 7. The van der Waals surface area contributed by atoms with Crippen LogP contribution in [-0.2, 0) is 0 Å². The third kappa shape index (κ3) is 4.69. The molecule has 0 unspecified atom stereocenters. The number of hydrogen-bond donors (Lipinski definition) is 1. The highest BCUT2D eigenvalue weighted by molar-refractivity contribution is 6.29. The first-order valence-electron chi connectivity index (χ1n) is 12.7. The molecule has 0 fully saturated rings. The summed E-state index contributed by atoms with van der Waals surface area (Å²) in [6.45, 7) is 8.08. The van der Waals surface area contributed by atoms with E-state index in [2.05, 4.69) is 54.5 Å². The van der Waals surface area contributed by atoms with Gasteiger partial charge in [-0.05, 0) is 36.6 Å². The Morgan fingerprint density at radius 1 is 0.789 bits per heavy atom. The van der Waals surface area contributed by atoms with Crippen LogP contribution < -0.4 is 10.6 Å². The van der Waals surface area contributed by atoms with Gasteiger partial charge in [-0.25, -0.2) is 0 Å². The van der Waals surface area contributed by atoms with Gasteiger partial charge in [0.2, 0.25) is 0 Å². The molecule has 2 heterocycles. The Labute approximate surface area is 223 Å². The van der Waals surface area contributed by atoms with Crippen molar-refractivity contribution in [2.45, 2.75) is 12.8 Å². The van der Waals surface area contributed by atoms with Crippen molar-refractivity contribution >= 4 is 55.1 Å². The van der Waals surface area contributed by atoms with Crippen LogP contribution >= 0.6 is 0 Å². The fourth-order valence-corrected chi connectivity index (χ4v) is 4.86. The van der Waals surface area contributed by atoms with Crippen molar-refractivity contribution in [3.05, 3.63) is 122 Å². The molecular formula is C34H32N2O2. The summed E-state index contributed by atoms with van der Waals surface area (Å²) >= 11 is 0. The molecule has 0 aliphatic heterocycles. The van der Waals surface area contributed by atoms with Gasteiger partial charge in [0.25, 0.3) is 0 Å². The van der Waals surface area contributed by atoms with E-state index in [1.807, 2.05) is 68.7 Å². The van der Waals surface area contributed by atoms with E-state index >= 15 is 0 Å². The lowest BCUT2D eigenvalue weighted by molar-refractivity contribution is 0.662. The van der Waals surface area contributed by atoms with Crippen molar-refractivity contribution in [1.82, 2.24) is 0 Å². The number of nitrogens with zero attached hydrogens (tertiary/aromatic N) is 1. The van der Waals surface area contributed by atoms with Gasteiger partial charge in [0.05, 0.1) is 16.5 Å². The molecule has 0 saturated heterocycles. The molecule has 3 aromatic carbocycles. The van der Waals surface area contributed by atoms with Crippen LogP contribution in [0.5, 0.6) is 0 Å². The molecule has 4 heteroatoms. The molecule has 0 saturated carbocycles. The van der Waals surface area contributed by atoms with Crippen molar-refractivity contribution in [2.24, 2.45) is 5.73 Å². The largest absolute Gasteiger partial charge is 0.455 e. The first-order chi connectivity index (χ1) is 18.5. The van der Waals surface area contributed by atoms with Gasteiger partial charge in [-0.3, -0.25) is 0 Å². The van der Waals surface area contributed by atoms with Gasteiger partial charge < -0.3 is 19.5 Å². The maximum atomic E-state index is 6.41. The molecule has 2 N–H and O–H groups in total. The van der Waals surface area contributed by atoms with E-state index in [0.29, 0.717) is 5.70 Å².